The number of ether oxygens (including phenoxy) is 1. The van der Waals surface area contributed by atoms with Crippen LogP contribution in [0.15, 0.2) is 30.3 Å². The van der Waals surface area contributed by atoms with E-state index in [-0.39, 0.29) is 19.0 Å². The molecule has 7 heteroatoms. The number of piperidine rings is 1. The molecule has 1 aliphatic heterocycles. The van der Waals surface area contributed by atoms with E-state index in [0.29, 0.717) is 12.8 Å². The first-order valence-electron chi connectivity index (χ1n) is 8.41. The van der Waals surface area contributed by atoms with Crippen LogP contribution in [0.1, 0.15) is 18.9 Å². The summed E-state index contributed by atoms with van der Waals surface area (Å²) in [7, 11) is 1.33. The monoisotopic (exact) mass is 350 g/mol. The third kappa shape index (κ3) is 5.26. The van der Waals surface area contributed by atoms with Crippen molar-refractivity contribution in [3.05, 3.63) is 35.9 Å². The van der Waals surface area contributed by atoms with Crippen molar-refractivity contribution in [2.24, 2.45) is 0 Å². The first-order valence-corrected chi connectivity index (χ1v) is 8.41. The van der Waals surface area contributed by atoms with Gasteiger partial charge in [0.1, 0.15) is 6.04 Å². The van der Waals surface area contributed by atoms with Crippen LogP contribution in [0.5, 0.6) is 0 Å². The van der Waals surface area contributed by atoms with E-state index in [1.54, 1.807) is 4.90 Å². The van der Waals surface area contributed by atoms with Crippen LogP contribution in [0.4, 0.5) is 0 Å². The van der Waals surface area contributed by atoms with Gasteiger partial charge in [-0.2, -0.15) is 0 Å². The Labute approximate surface area is 147 Å². The summed E-state index contributed by atoms with van der Waals surface area (Å²) in [4.78, 5) is 25.1. The van der Waals surface area contributed by atoms with Crippen molar-refractivity contribution in [1.82, 2.24) is 10.2 Å². The predicted molar refractivity (Wildman–Crippen MR) is 91.8 cm³/mol. The number of amides is 1. The molecule has 1 amide bonds. The summed E-state index contributed by atoms with van der Waals surface area (Å²) in [5, 5.41) is 23.1. The van der Waals surface area contributed by atoms with Crippen molar-refractivity contribution in [1.29, 1.82) is 0 Å². The van der Waals surface area contributed by atoms with Gasteiger partial charge in [-0.05, 0) is 18.4 Å². The Morgan fingerprint density at radius 2 is 1.84 bits per heavy atom. The lowest BCUT2D eigenvalue weighted by atomic mass is 9.95. The molecule has 1 heterocycles. The molecule has 138 valence electrons. The maximum atomic E-state index is 12.2. The standard InChI is InChI=1S/C18H26N2O5/c1-12(21)19-17-15(22)10-20(11-16(17)23)14(18(24)25-2)9-8-13-6-4-3-5-7-13/h3-7,14-17,22-23H,8-11H2,1-2H3,(H,19,21)/t14?,15-,16-/m0/s1. The summed E-state index contributed by atoms with van der Waals surface area (Å²) in [6, 6.07) is 8.49. The molecular weight excluding hydrogens is 324 g/mol. The first-order chi connectivity index (χ1) is 11.9. The van der Waals surface area contributed by atoms with E-state index in [1.165, 1.54) is 14.0 Å². The number of methoxy groups -OCH3 is 1. The molecule has 1 fully saturated rings. The molecule has 25 heavy (non-hydrogen) atoms. The maximum absolute atomic E-state index is 12.2. The van der Waals surface area contributed by atoms with Gasteiger partial charge in [-0.15, -0.1) is 0 Å². The fraction of sp³-hybridized carbons (Fsp3) is 0.556. The molecule has 1 saturated heterocycles. The van der Waals surface area contributed by atoms with E-state index >= 15 is 0 Å². The smallest absolute Gasteiger partial charge is 0.323 e. The molecule has 0 bridgehead atoms. The van der Waals surface area contributed by atoms with Crippen molar-refractivity contribution in [2.75, 3.05) is 20.2 Å². The van der Waals surface area contributed by atoms with E-state index in [4.69, 9.17) is 4.74 Å². The summed E-state index contributed by atoms with van der Waals surface area (Å²) >= 11 is 0. The van der Waals surface area contributed by atoms with Crippen LogP contribution in [0, 0.1) is 0 Å². The summed E-state index contributed by atoms with van der Waals surface area (Å²) in [5.41, 5.74) is 1.10. The quantitative estimate of drug-likeness (QED) is 0.610. The van der Waals surface area contributed by atoms with Crippen LogP contribution in [0.2, 0.25) is 0 Å². The molecule has 1 unspecified atom stereocenters. The number of nitrogens with zero attached hydrogens (tertiary/aromatic N) is 1. The number of hydrogen-bond acceptors (Lipinski definition) is 6. The van der Waals surface area contributed by atoms with Crippen molar-refractivity contribution in [2.45, 2.75) is 44.1 Å². The number of aryl methyl sites for hydroxylation is 1. The van der Waals surface area contributed by atoms with Crippen molar-refractivity contribution >= 4 is 11.9 Å². The molecule has 0 aliphatic carbocycles. The van der Waals surface area contributed by atoms with Gasteiger partial charge in [0, 0.05) is 20.0 Å². The Kier molecular flexibility index (Phi) is 6.92. The Morgan fingerprint density at radius 3 is 2.36 bits per heavy atom. The number of aliphatic hydroxyl groups is 2. The lowest BCUT2D eigenvalue weighted by Gasteiger charge is -2.42. The Balaban J connectivity index is 2.05. The van der Waals surface area contributed by atoms with Gasteiger partial charge < -0.3 is 20.3 Å². The third-order valence-corrected chi connectivity index (χ3v) is 4.51. The number of benzene rings is 1. The second-order valence-corrected chi connectivity index (χ2v) is 6.38. The normalized spacial score (nSPS) is 23.0. The van der Waals surface area contributed by atoms with Crippen molar-refractivity contribution < 1.29 is 24.5 Å². The second kappa shape index (κ2) is 8.94. The number of rotatable bonds is 6. The zero-order valence-electron chi connectivity index (χ0n) is 14.6. The number of carbonyl (C=O) groups is 2. The van der Waals surface area contributed by atoms with E-state index in [9.17, 15) is 19.8 Å². The van der Waals surface area contributed by atoms with E-state index in [1.807, 2.05) is 30.3 Å². The van der Waals surface area contributed by atoms with Crippen LogP contribution in [0.3, 0.4) is 0 Å². The van der Waals surface area contributed by atoms with Gasteiger partial charge in [-0.1, -0.05) is 30.3 Å². The Bertz CT molecular complexity index is 568. The van der Waals surface area contributed by atoms with Gasteiger partial charge in [-0.25, -0.2) is 0 Å². The maximum Gasteiger partial charge on any atom is 0.323 e. The van der Waals surface area contributed by atoms with Gasteiger partial charge in [0.05, 0.1) is 25.4 Å². The molecule has 1 aromatic carbocycles. The number of esters is 1. The van der Waals surface area contributed by atoms with Crippen LogP contribution >= 0.6 is 0 Å². The fourth-order valence-corrected chi connectivity index (χ4v) is 3.25. The number of carbonyl (C=O) groups excluding carboxylic acids is 2. The highest BCUT2D eigenvalue weighted by molar-refractivity contribution is 5.76. The van der Waals surface area contributed by atoms with E-state index < -0.39 is 30.3 Å². The minimum absolute atomic E-state index is 0.177. The molecular formula is C18H26N2O5. The average Bonchev–Trinajstić information content (AvgIpc) is 2.58. The molecule has 7 nitrogen and oxygen atoms in total. The summed E-state index contributed by atoms with van der Waals surface area (Å²) < 4.78 is 4.90. The van der Waals surface area contributed by atoms with E-state index in [0.717, 1.165) is 5.56 Å². The number of hydrogen-bond donors (Lipinski definition) is 3. The molecule has 2 rings (SSSR count). The zero-order chi connectivity index (χ0) is 18.4. The third-order valence-electron chi connectivity index (χ3n) is 4.51. The number of aliphatic hydroxyl groups excluding tert-OH is 2. The highest BCUT2D eigenvalue weighted by atomic mass is 16.5. The van der Waals surface area contributed by atoms with E-state index in [2.05, 4.69) is 5.32 Å². The molecule has 0 saturated carbocycles. The van der Waals surface area contributed by atoms with Crippen molar-refractivity contribution in [3.63, 3.8) is 0 Å². The lowest BCUT2D eigenvalue weighted by Crippen LogP contribution is -2.64. The molecule has 3 N–H and O–H groups in total. The minimum atomic E-state index is -0.962. The van der Waals surface area contributed by atoms with Crippen LogP contribution in [0.25, 0.3) is 0 Å². The highest BCUT2D eigenvalue weighted by Gasteiger charge is 2.40. The van der Waals surface area contributed by atoms with Crippen LogP contribution in [-0.4, -0.2) is 71.5 Å². The van der Waals surface area contributed by atoms with Gasteiger partial charge in [0.15, 0.2) is 0 Å². The molecule has 0 aromatic heterocycles. The summed E-state index contributed by atoms with van der Waals surface area (Å²) in [5.74, 6) is -0.710. The second-order valence-electron chi connectivity index (χ2n) is 6.38. The lowest BCUT2D eigenvalue weighted by molar-refractivity contribution is -0.151. The van der Waals surface area contributed by atoms with Crippen LogP contribution in [-0.2, 0) is 20.7 Å². The molecule has 1 aromatic rings. The molecule has 1 aliphatic rings. The van der Waals surface area contributed by atoms with Crippen LogP contribution < -0.4 is 5.32 Å². The van der Waals surface area contributed by atoms with Crippen molar-refractivity contribution in [3.8, 4) is 0 Å². The topological polar surface area (TPSA) is 99.1 Å². The number of β-amino-alcohol motifs (C(OH)–C–C–N with tert-alkyl or cyclic N) is 2. The molecule has 3 atom stereocenters. The Morgan fingerprint density at radius 1 is 1.24 bits per heavy atom. The fourth-order valence-electron chi connectivity index (χ4n) is 3.25. The average molecular weight is 350 g/mol. The zero-order valence-corrected chi connectivity index (χ0v) is 14.6. The number of likely N-dealkylation sites (tertiary alicyclic amines) is 1. The van der Waals surface area contributed by atoms with Gasteiger partial charge in [0.25, 0.3) is 0 Å². The SMILES string of the molecule is COC(=O)C(CCc1ccccc1)N1C[C@H](O)C(NC(C)=O)[C@@H](O)C1. The summed E-state index contributed by atoms with van der Waals surface area (Å²) in [6.45, 7) is 1.69. The minimum Gasteiger partial charge on any atom is -0.468 e. The highest BCUT2D eigenvalue weighted by Crippen LogP contribution is 2.19. The number of nitrogens with one attached hydrogen (secondary N) is 1. The van der Waals surface area contributed by atoms with Gasteiger partial charge in [-0.3, -0.25) is 14.5 Å². The summed E-state index contributed by atoms with van der Waals surface area (Å²) in [6.07, 6.45) is -0.729. The largest absolute Gasteiger partial charge is 0.468 e. The van der Waals surface area contributed by atoms with Gasteiger partial charge >= 0.3 is 5.97 Å². The van der Waals surface area contributed by atoms with Gasteiger partial charge in [0.2, 0.25) is 5.91 Å². The predicted octanol–water partition coefficient (Wildman–Crippen LogP) is -0.297. The Hall–Kier alpha value is -1.96. The first kappa shape index (κ1) is 19.4. The molecule has 0 spiro atoms. The molecule has 0 radical (unpaired) electrons.